The maximum Gasteiger partial charge on any atom is 0.274 e. The van der Waals surface area contributed by atoms with Crippen LogP contribution in [-0.4, -0.2) is 35.8 Å². The number of aromatic nitrogens is 1. The van der Waals surface area contributed by atoms with Gasteiger partial charge in [0, 0.05) is 36.9 Å². The standard InChI is InChI=1S/C19H17N3O2/c1-22(2)19(24)14-7-5-8-15(12-14)21-18(23)17-16-9-4-3-6-13(16)10-11-20-17/h3-12H,1-2H3,(H,21,23). The highest BCUT2D eigenvalue weighted by Gasteiger charge is 2.13. The van der Waals surface area contributed by atoms with Crippen molar-refractivity contribution in [1.82, 2.24) is 9.88 Å². The van der Waals surface area contributed by atoms with Crippen LogP contribution < -0.4 is 5.32 Å². The van der Waals surface area contributed by atoms with Gasteiger partial charge in [-0.15, -0.1) is 0 Å². The van der Waals surface area contributed by atoms with Crippen molar-refractivity contribution in [1.29, 1.82) is 0 Å². The average molecular weight is 319 g/mol. The maximum absolute atomic E-state index is 12.6. The lowest BCUT2D eigenvalue weighted by atomic mass is 10.1. The summed E-state index contributed by atoms with van der Waals surface area (Å²) < 4.78 is 0. The van der Waals surface area contributed by atoms with E-state index in [9.17, 15) is 9.59 Å². The quantitative estimate of drug-likeness (QED) is 0.806. The summed E-state index contributed by atoms with van der Waals surface area (Å²) in [5.41, 5.74) is 1.43. The number of nitrogens with zero attached hydrogens (tertiary/aromatic N) is 2. The number of pyridine rings is 1. The number of fused-ring (bicyclic) bond motifs is 1. The Morgan fingerprint density at radius 2 is 1.79 bits per heavy atom. The lowest BCUT2D eigenvalue weighted by Crippen LogP contribution is -2.22. The Morgan fingerprint density at radius 3 is 2.58 bits per heavy atom. The molecule has 0 aliphatic carbocycles. The topological polar surface area (TPSA) is 62.3 Å². The molecule has 0 radical (unpaired) electrons. The number of rotatable bonds is 3. The third-order valence-electron chi connectivity index (χ3n) is 3.66. The molecule has 3 rings (SSSR count). The van der Waals surface area contributed by atoms with Gasteiger partial charge in [-0.1, -0.05) is 30.3 Å². The molecule has 0 aliphatic rings. The molecule has 5 heteroatoms. The Labute approximate surface area is 139 Å². The van der Waals surface area contributed by atoms with Crippen LogP contribution in [-0.2, 0) is 0 Å². The molecule has 2 aromatic carbocycles. The predicted octanol–water partition coefficient (Wildman–Crippen LogP) is 3.19. The Hall–Kier alpha value is -3.21. The summed E-state index contributed by atoms with van der Waals surface area (Å²) in [5, 5.41) is 4.56. The fourth-order valence-electron chi connectivity index (χ4n) is 2.48. The van der Waals surface area contributed by atoms with Gasteiger partial charge in [-0.2, -0.15) is 0 Å². The van der Waals surface area contributed by atoms with Crippen LogP contribution in [0.3, 0.4) is 0 Å². The summed E-state index contributed by atoms with van der Waals surface area (Å²) in [6.07, 6.45) is 1.61. The van der Waals surface area contributed by atoms with Crippen molar-refractivity contribution in [2.45, 2.75) is 0 Å². The van der Waals surface area contributed by atoms with E-state index < -0.39 is 0 Å². The minimum Gasteiger partial charge on any atom is -0.345 e. The molecular weight excluding hydrogens is 302 g/mol. The van der Waals surface area contributed by atoms with Crippen molar-refractivity contribution in [2.24, 2.45) is 0 Å². The summed E-state index contributed by atoms with van der Waals surface area (Å²) in [6, 6.07) is 16.3. The van der Waals surface area contributed by atoms with Gasteiger partial charge in [-0.05, 0) is 29.7 Å². The normalized spacial score (nSPS) is 10.4. The Bertz CT molecular complexity index is 914. The zero-order chi connectivity index (χ0) is 17.1. The van der Waals surface area contributed by atoms with Crippen molar-refractivity contribution in [3.05, 3.63) is 72.1 Å². The van der Waals surface area contributed by atoms with E-state index in [4.69, 9.17) is 0 Å². The second-order valence-electron chi connectivity index (χ2n) is 5.62. The molecule has 0 spiro atoms. The number of amides is 2. The van der Waals surface area contributed by atoms with E-state index in [1.165, 1.54) is 4.90 Å². The number of hydrogen-bond donors (Lipinski definition) is 1. The van der Waals surface area contributed by atoms with Crippen LogP contribution in [0.25, 0.3) is 10.8 Å². The molecule has 3 aromatic rings. The smallest absolute Gasteiger partial charge is 0.274 e. The fraction of sp³-hybridized carbons (Fsp3) is 0.105. The first-order valence-electron chi connectivity index (χ1n) is 7.53. The molecular formula is C19H17N3O2. The van der Waals surface area contributed by atoms with Gasteiger partial charge in [-0.25, -0.2) is 0 Å². The van der Waals surface area contributed by atoms with E-state index in [1.54, 1.807) is 44.6 Å². The zero-order valence-electron chi connectivity index (χ0n) is 13.5. The van der Waals surface area contributed by atoms with Gasteiger partial charge in [0.05, 0.1) is 0 Å². The summed E-state index contributed by atoms with van der Waals surface area (Å²) in [6.45, 7) is 0. The molecule has 5 nitrogen and oxygen atoms in total. The van der Waals surface area contributed by atoms with Crippen LogP contribution >= 0.6 is 0 Å². The van der Waals surface area contributed by atoms with Gasteiger partial charge in [0.2, 0.25) is 0 Å². The Kier molecular flexibility index (Phi) is 4.24. The average Bonchev–Trinajstić information content (AvgIpc) is 2.60. The lowest BCUT2D eigenvalue weighted by Gasteiger charge is -2.12. The second kappa shape index (κ2) is 6.50. The van der Waals surface area contributed by atoms with Crippen LogP contribution in [0, 0.1) is 0 Å². The third-order valence-corrected chi connectivity index (χ3v) is 3.66. The molecule has 0 aliphatic heterocycles. The first-order chi connectivity index (χ1) is 11.6. The predicted molar refractivity (Wildman–Crippen MR) is 94.2 cm³/mol. The first kappa shape index (κ1) is 15.7. The second-order valence-corrected chi connectivity index (χ2v) is 5.62. The van der Waals surface area contributed by atoms with Crippen LogP contribution in [0.15, 0.2) is 60.8 Å². The highest BCUT2D eigenvalue weighted by Crippen LogP contribution is 2.18. The Morgan fingerprint density at radius 1 is 1.00 bits per heavy atom. The molecule has 0 fully saturated rings. The molecule has 0 bridgehead atoms. The molecule has 2 amide bonds. The summed E-state index contributed by atoms with van der Waals surface area (Å²) >= 11 is 0. The molecule has 1 heterocycles. The zero-order valence-corrected chi connectivity index (χ0v) is 13.5. The van der Waals surface area contributed by atoms with Gasteiger partial charge in [0.25, 0.3) is 11.8 Å². The highest BCUT2D eigenvalue weighted by molar-refractivity contribution is 6.11. The number of anilines is 1. The number of benzene rings is 2. The van der Waals surface area contributed by atoms with Crippen LogP contribution in [0.4, 0.5) is 5.69 Å². The molecule has 24 heavy (non-hydrogen) atoms. The van der Waals surface area contributed by atoms with Crippen LogP contribution in [0.5, 0.6) is 0 Å². The van der Waals surface area contributed by atoms with Crippen molar-refractivity contribution in [3.63, 3.8) is 0 Å². The molecule has 0 saturated carbocycles. The molecule has 1 aromatic heterocycles. The SMILES string of the molecule is CN(C)C(=O)c1cccc(NC(=O)c2nccc3ccccc23)c1. The molecule has 1 N–H and O–H groups in total. The van der Waals surface area contributed by atoms with Crippen molar-refractivity contribution in [3.8, 4) is 0 Å². The summed E-state index contributed by atoms with van der Waals surface area (Å²) in [7, 11) is 3.38. The minimum absolute atomic E-state index is 0.116. The van der Waals surface area contributed by atoms with Crippen molar-refractivity contribution in [2.75, 3.05) is 19.4 Å². The fourth-order valence-corrected chi connectivity index (χ4v) is 2.48. The van der Waals surface area contributed by atoms with Crippen LogP contribution in [0.1, 0.15) is 20.8 Å². The first-order valence-corrected chi connectivity index (χ1v) is 7.53. The molecule has 0 atom stereocenters. The van der Waals surface area contributed by atoms with E-state index in [1.807, 2.05) is 30.3 Å². The van der Waals surface area contributed by atoms with Crippen molar-refractivity contribution >= 4 is 28.3 Å². The number of carbonyl (C=O) groups excluding carboxylic acids is 2. The van der Waals surface area contributed by atoms with Gasteiger partial charge in [0.1, 0.15) is 5.69 Å². The molecule has 0 unspecified atom stereocenters. The van der Waals surface area contributed by atoms with E-state index in [-0.39, 0.29) is 11.8 Å². The number of carbonyl (C=O) groups is 2. The molecule has 120 valence electrons. The summed E-state index contributed by atoms with van der Waals surface area (Å²) in [5.74, 6) is -0.421. The van der Waals surface area contributed by atoms with Crippen LogP contribution in [0.2, 0.25) is 0 Å². The van der Waals surface area contributed by atoms with E-state index >= 15 is 0 Å². The van der Waals surface area contributed by atoms with Gasteiger partial charge in [-0.3, -0.25) is 14.6 Å². The lowest BCUT2D eigenvalue weighted by molar-refractivity contribution is 0.0827. The maximum atomic E-state index is 12.6. The number of nitrogens with one attached hydrogen (secondary N) is 1. The van der Waals surface area contributed by atoms with Crippen molar-refractivity contribution < 1.29 is 9.59 Å². The number of hydrogen-bond acceptors (Lipinski definition) is 3. The molecule has 0 saturated heterocycles. The van der Waals surface area contributed by atoms with Gasteiger partial charge >= 0.3 is 0 Å². The van der Waals surface area contributed by atoms with E-state index in [2.05, 4.69) is 10.3 Å². The van der Waals surface area contributed by atoms with Gasteiger partial charge < -0.3 is 10.2 Å². The van der Waals surface area contributed by atoms with E-state index in [0.717, 1.165) is 10.8 Å². The Balaban J connectivity index is 1.90. The largest absolute Gasteiger partial charge is 0.345 e. The monoisotopic (exact) mass is 319 g/mol. The summed E-state index contributed by atoms with van der Waals surface area (Å²) in [4.78, 5) is 30.3. The van der Waals surface area contributed by atoms with Gasteiger partial charge in [0.15, 0.2) is 0 Å². The highest BCUT2D eigenvalue weighted by atomic mass is 16.2. The minimum atomic E-state index is -0.304. The third kappa shape index (κ3) is 3.10. The van der Waals surface area contributed by atoms with E-state index in [0.29, 0.717) is 16.9 Å².